The normalized spacial score (nSPS) is 21.2. The predicted octanol–water partition coefficient (Wildman–Crippen LogP) is 1.99. The average molecular weight is 197 g/mol. The monoisotopic (exact) mass is 197 g/mol. The molecule has 0 spiro atoms. The Balaban J connectivity index is 2.47. The van der Waals surface area contributed by atoms with Gasteiger partial charge in [-0.3, -0.25) is 0 Å². The molecule has 13 heavy (non-hydrogen) atoms. The number of fused-ring (bicyclic) bond motifs is 1. The Bertz CT molecular complexity index is 345. The van der Waals surface area contributed by atoms with E-state index in [9.17, 15) is 4.79 Å². The highest BCUT2D eigenvalue weighted by Gasteiger charge is 2.21. The van der Waals surface area contributed by atoms with Gasteiger partial charge in [-0.05, 0) is 19.1 Å². The number of nitrogens with zero attached hydrogens (tertiary/aromatic N) is 1. The summed E-state index contributed by atoms with van der Waals surface area (Å²) in [6, 6.07) is 3.61. The Labute approximate surface area is 80.7 Å². The fourth-order valence-electron chi connectivity index (χ4n) is 1.68. The van der Waals surface area contributed by atoms with Crippen molar-refractivity contribution in [3.63, 3.8) is 0 Å². The van der Waals surface area contributed by atoms with E-state index in [4.69, 9.17) is 5.11 Å². The van der Waals surface area contributed by atoms with Crippen molar-refractivity contribution < 1.29 is 9.90 Å². The van der Waals surface area contributed by atoms with Crippen molar-refractivity contribution in [2.24, 2.45) is 0 Å². The van der Waals surface area contributed by atoms with Gasteiger partial charge in [0.05, 0.1) is 0 Å². The number of carbonyl (C=O) groups is 1. The molecule has 0 amide bonds. The van der Waals surface area contributed by atoms with E-state index >= 15 is 0 Å². The van der Waals surface area contributed by atoms with Crippen LogP contribution in [0.1, 0.15) is 28.4 Å². The smallest absolute Gasteiger partial charge is 0.352 e. The Hall–Kier alpha value is -0.900. The van der Waals surface area contributed by atoms with Crippen molar-refractivity contribution in [1.82, 2.24) is 4.57 Å². The molecular formula is C9H11NO2S. The molecule has 3 nitrogen and oxygen atoms in total. The minimum Gasteiger partial charge on any atom is -0.477 e. The van der Waals surface area contributed by atoms with Crippen molar-refractivity contribution in [3.05, 3.63) is 23.5 Å². The highest BCUT2D eigenvalue weighted by Crippen LogP contribution is 2.33. The van der Waals surface area contributed by atoms with Gasteiger partial charge in [0.1, 0.15) is 5.69 Å². The van der Waals surface area contributed by atoms with Gasteiger partial charge in [0.2, 0.25) is 0 Å². The standard InChI is InChI=1S/C9H11NO2S/c1-6-7-2-3-8(9(11)12)10(7)4-5-13-6/h2-3,6H,4-5H2,1H3,(H,11,12). The maximum Gasteiger partial charge on any atom is 0.352 e. The Morgan fingerprint density at radius 3 is 3.15 bits per heavy atom. The molecule has 1 aromatic heterocycles. The predicted molar refractivity (Wildman–Crippen MR) is 52.3 cm³/mol. The van der Waals surface area contributed by atoms with Crippen LogP contribution in [0.3, 0.4) is 0 Å². The van der Waals surface area contributed by atoms with Crippen molar-refractivity contribution in [2.75, 3.05) is 5.75 Å². The zero-order valence-corrected chi connectivity index (χ0v) is 8.17. The summed E-state index contributed by atoms with van der Waals surface area (Å²) in [5.74, 6) is 0.175. The molecule has 2 rings (SSSR count). The zero-order valence-electron chi connectivity index (χ0n) is 7.36. The van der Waals surface area contributed by atoms with Crippen molar-refractivity contribution in [3.8, 4) is 0 Å². The van der Waals surface area contributed by atoms with Gasteiger partial charge < -0.3 is 9.67 Å². The minimum absolute atomic E-state index is 0.418. The summed E-state index contributed by atoms with van der Waals surface area (Å²) in [5.41, 5.74) is 1.55. The van der Waals surface area contributed by atoms with Gasteiger partial charge in [0.15, 0.2) is 0 Å². The quantitative estimate of drug-likeness (QED) is 0.748. The van der Waals surface area contributed by atoms with Crippen LogP contribution in [0.5, 0.6) is 0 Å². The van der Waals surface area contributed by atoms with E-state index in [1.165, 1.54) is 0 Å². The SMILES string of the molecule is CC1SCCn2c(C(=O)O)ccc21. The molecule has 1 aromatic rings. The number of rotatable bonds is 1. The van der Waals surface area contributed by atoms with E-state index in [1.807, 2.05) is 22.4 Å². The lowest BCUT2D eigenvalue weighted by molar-refractivity contribution is 0.0685. The average Bonchev–Trinajstić information content (AvgIpc) is 2.48. The van der Waals surface area contributed by atoms with Crippen molar-refractivity contribution in [1.29, 1.82) is 0 Å². The topological polar surface area (TPSA) is 42.2 Å². The van der Waals surface area contributed by atoms with Crippen LogP contribution in [0, 0.1) is 0 Å². The molecule has 0 bridgehead atoms. The van der Waals surface area contributed by atoms with E-state index in [-0.39, 0.29) is 0 Å². The maximum atomic E-state index is 10.8. The maximum absolute atomic E-state index is 10.8. The number of hydrogen-bond donors (Lipinski definition) is 1. The third-order valence-electron chi connectivity index (χ3n) is 2.33. The Kier molecular flexibility index (Phi) is 2.07. The molecule has 0 saturated heterocycles. The molecule has 1 aliphatic rings. The molecule has 0 radical (unpaired) electrons. The molecule has 0 saturated carbocycles. The second-order valence-electron chi connectivity index (χ2n) is 3.11. The molecule has 0 fully saturated rings. The van der Waals surface area contributed by atoms with E-state index in [2.05, 4.69) is 6.92 Å². The first-order chi connectivity index (χ1) is 6.20. The first kappa shape index (κ1) is 8.69. The van der Waals surface area contributed by atoms with E-state index < -0.39 is 5.97 Å². The summed E-state index contributed by atoms with van der Waals surface area (Å²) in [6.07, 6.45) is 0. The number of thioether (sulfide) groups is 1. The van der Waals surface area contributed by atoms with Gasteiger partial charge in [-0.2, -0.15) is 11.8 Å². The molecule has 1 atom stereocenters. The largest absolute Gasteiger partial charge is 0.477 e. The summed E-state index contributed by atoms with van der Waals surface area (Å²) in [7, 11) is 0. The van der Waals surface area contributed by atoms with E-state index in [1.54, 1.807) is 6.07 Å². The van der Waals surface area contributed by atoms with Crippen molar-refractivity contribution >= 4 is 17.7 Å². The molecule has 1 aliphatic heterocycles. The molecule has 1 unspecified atom stereocenters. The fourth-order valence-corrected chi connectivity index (χ4v) is 2.70. The lowest BCUT2D eigenvalue weighted by Gasteiger charge is -2.22. The number of carboxylic acid groups (broad SMARTS) is 1. The van der Waals surface area contributed by atoms with Crippen LogP contribution in [0.4, 0.5) is 0 Å². The van der Waals surface area contributed by atoms with Crippen LogP contribution in [0.25, 0.3) is 0 Å². The molecule has 4 heteroatoms. The van der Waals surface area contributed by atoms with E-state index in [0.29, 0.717) is 10.9 Å². The first-order valence-corrected chi connectivity index (χ1v) is 5.29. The highest BCUT2D eigenvalue weighted by molar-refractivity contribution is 7.99. The van der Waals surface area contributed by atoms with Crippen LogP contribution in [-0.4, -0.2) is 21.4 Å². The van der Waals surface area contributed by atoms with Crippen LogP contribution < -0.4 is 0 Å². The van der Waals surface area contributed by atoms with Gasteiger partial charge in [0, 0.05) is 23.2 Å². The number of aromatic carboxylic acids is 1. The minimum atomic E-state index is -0.828. The van der Waals surface area contributed by atoms with Crippen LogP contribution in [0.2, 0.25) is 0 Å². The summed E-state index contributed by atoms with van der Waals surface area (Å²) >= 11 is 1.87. The van der Waals surface area contributed by atoms with Gasteiger partial charge >= 0.3 is 5.97 Å². The Morgan fingerprint density at radius 1 is 1.69 bits per heavy atom. The number of hydrogen-bond acceptors (Lipinski definition) is 2. The highest BCUT2D eigenvalue weighted by atomic mass is 32.2. The van der Waals surface area contributed by atoms with Crippen molar-refractivity contribution in [2.45, 2.75) is 18.7 Å². The molecule has 0 aromatic carbocycles. The number of aromatic nitrogens is 1. The van der Waals surface area contributed by atoms with Gasteiger partial charge in [-0.15, -0.1) is 0 Å². The van der Waals surface area contributed by atoms with Gasteiger partial charge in [-0.1, -0.05) is 0 Å². The van der Waals surface area contributed by atoms with Crippen LogP contribution in [0.15, 0.2) is 12.1 Å². The second kappa shape index (κ2) is 3.10. The van der Waals surface area contributed by atoms with E-state index in [0.717, 1.165) is 18.0 Å². The molecule has 1 N–H and O–H groups in total. The summed E-state index contributed by atoms with van der Waals surface area (Å²) in [4.78, 5) is 10.8. The third-order valence-corrected chi connectivity index (χ3v) is 3.49. The Morgan fingerprint density at radius 2 is 2.46 bits per heavy atom. The molecule has 2 heterocycles. The summed E-state index contributed by atoms with van der Waals surface area (Å²) in [5, 5.41) is 9.31. The fraction of sp³-hybridized carbons (Fsp3) is 0.444. The van der Waals surface area contributed by atoms with Gasteiger partial charge in [0.25, 0.3) is 0 Å². The summed E-state index contributed by atoms with van der Waals surface area (Å²) < 4.78 is 1.91. The lowest BCUT2D eigenvalue weighted by Crippen LogP contribution is -2.17. The zero-order chi connectivity index (χ0) is 9.42. The van der Waals surface area contributed by atoms with Gasteiger partial charge in [-0.25, -0.2) is 4.79 Å². The molecular weight excluding hydrogens is 186 g/mol. The lowest BCUT2D eigenvalue weighted by atomic mass is 10.3. The van der Waals surface area contributed by atoms with Crippen LogP contribution >= 0.6 is 11.8 Å². The molecule has 70 valence electrons. The number of carboxylic acids is 1. The first-order valence-electron chi connectivity index (χ1n) is 4.24. The van der Waals surface area contributed by atoms with Crippen LogP contribution in [-0.2, 0) is 6.54 Å². The second-order valence-corrected chi connectivity index (χ2v) is 4.56. The summed E-state index contributed by atoms with van der Waals surface area (Å²) in [6.45, 7) is 2.93. The molecule has 0 aliphatic carbocycles. The third kappa shape index (κ3) is 1.35.